The van der Waals surface area contributed by atoms with Gasteiger partial charge in [0.05, 0.1) is 0 Å². The van der Waals surface area contributed by atoms with Crippen LogP contribution in [0.4, 0.5) is 11.5 Å². The number of hydrogen-bond acceptors (Lipinski definition) is 3. The number of benzene rings is 4. The summed E-state index contributed by atoms with van der Waals surface area (Å²) in [4.78, 5) is 7.10. The molecule has 1 aliphatic rings. The van der Waals surface area contributed by atoms with Gasteiger partial charge < -0.3 is 0 Å². The van der Waals surface area contributed by atoms with Gasteiger partial charge in [0.15, 0.2) is 0 Å². The van der Waals surface area contributed by atoms with E-state index >= 15 is 0 Å². The van der Waals surface area contributed by atoms with Crippen LogP contribution >= 0.6 is 0 Å². The molecule has 2 aromatic heterocycles. The van der Waals surface area contributed by atoms with Crippen LogP contribution in [0.3, 0.4) is 0 Å². The molecule has 0 radical (unpaired) electrons. The van der Waals surface area contributed by atoms with Crippen LogP contribution < -0.4 is 9.64 Å². The van der Waals surface area contributed by atoms with Crippen LogP contribution in [0.2, 0.25) is 0 Å². The van der Waals surface area contributed by atoms with Crippen LogP contribution in [-0.4, -0.2) is 20.7 Å². The average molecular weight is 828 g/mol. The Bertz CT molecular complexity index is 2220. The van der Waals surface area contributed by atoms with E-state index < -0.39 is 0 Å². The molecule has 0 fully saturated rings. The molecule has 1 atom stereocenters. The molecule has 4 aromatic carbocycles. The van der Waals surface area contributed by atoms with Crippen LogP contribution in [-0.2, 0) is 37.2 Å². The summed E-state index contributed by atoms with van der Waals surface area (Å²) in [5.74, 6) is 2.46. The molecule has 49 heavy (non-hydrogen) atoms. The third-order valence-corrected chi connectivity index (χ3v) is 10.9. The molecule has 5 nitrogen and oxygen atoms in total. The molecule has 0 aliphatic carbocycles. The van der Waals surface area contributed by atoms with Crippen molar-refractivity contribution in [2.75, 3.05) is 11.4 Å². The van der Waals surface area contributed by atoms with Gasteiger partial charge in [-0.1, -0.05) is 59.7 Å². The van der Waals surface area contributed by atoms with Crippen LogP contribution in [0, 0.1) is 22.9 Å². The zero-order valence-electron chi connectivity index (χ0n) is 29.7. The molecule has 254 valence electrons. The van der Waals surface area contributed by atoms with Crippen molar-refractivity contribution in [1.29, 1.82) is 0 Å². The number of imidazole rings is 1. The third-order valence-electron chi connectivity index (χ3n) is 9.61. The van der Waals surface area contributed by atoms with Gasteiger partial charge in [-0.05, 0) is 40.5 Å². The SMILES string of the molecule is Cc1ccnc(N2CCC(c3cc(C(C)(C)C)cc(C(C)(C)C)c3)c3ccc(Oc4[c-]c(-n5[c](=[Pt])n(C)c6ccccc65)ccc4)[c-]c32)c1. The Morgan fingerprint density at radius 2 is 1.49 bits per heavy atom. The first-order chi connectivity index (χ1) is 23.3. The second-order valence-corrected chi connectivity index (χ2v) is 16.3. The van der Waals surface area contributed by atoms with E-state index in [1.807, 2.05) is 24.4 Å². The quantitative estimate of drug-likeness (QED) is 0.162. The predicted molar refractivity (Wildman–Crippen MR) is 196 cm³/mol. The summed E-state index contributed by atoms with van der Waals surface area (Å²) in [7, 11) is 2.09. The second kappa shape index (κ2) is 12.6. The van der Waals surface area contributed by atoms with Crippen molar-refractivity contribution in [3.63, 3.8) is 0 Å². The van der Waals surface area contributed by atoms with E-state index in [4.69, 9.17) is 9.72 Å². The predicted octanol–water partition coefficient (Wildman–Crippen LogP) is 10.4. The van der Waals surface area contributed by atoms with Gasteiger partial charge in [0, 0.05) is 6.20 Å². The van der Waals surface area contributed by atoms with E-state index in [1.165, 1.54) is 27.8 Å². The molecule has 0 N–H and O–H groups in total. The van der Waals surface area contributed by atoms with E-state index in [0.717, 1.165) is 45.0 Å². The zero-order chi connectivity index (χ0) is 34.7. The van der Waals surface area contributed by atoms with Crippen molar-refractivity contribution in [2.45, 2.75) is 71.6 Å². The number of aromatic nitrogens is 3. The van der Waals surface area contributed by atoms with Crippen molar-refractivity contribution in [1.82, 2.24) is 14.1 Å². The summed E-state index contributed by atoms with van der Waals surface area (Å²) in [5.41, 5.74) is 10.8. The Labute approximate surface area is 301 Å². The summed E-state index contributed by atoms with van der Waals surface area (Å²) >= 11 is 2.38. The Kier molecular flexibility index (Phi) is 8.56. The normalized spacial score (nSPS) is 15.1. The first-order valence-electron chi connectivity index (χ1n) is 17.0. The monoisotopic (exact) mass is 827 g/mol. The number of aryl methyl sites for hydroxylation is 2. The second-order valence-electron chi connectivity index (χ2n) is 15.3. The van der Waals surface area contributed by atoms with E-state index in [0.29, 0.717) is 11.5 Å². The molecule has 0 bridgehead atoms. The van der Waals surface area contributed by atoms with E-state index in [1.54, 1.807) is 0 Å². The fraction of sp³-hybridized carbons (Fsp3) is 0.302. The minimum absolute atomic E-state index is 0.0440. The summed E-state index contributed by atoms with van der Waals surface area (Å²) in [6, 6.07) is 37.5. The van der Waals surface area contributed by atoms with Crippen LogP contribution in [0.5, 0.6) is 11.5 Å². The Morgan fingerprint density at radius 1 is 0.796 bits per heavy atom. The molecule has 6 aromatic rings. The Hall–Kier alpha value is -4.21. The molecule has 1 unspecified atom stereocenters. The van der Waals surface area contributed by atoms with Gasteiger partial charge in [0.2, 0.25) is 0 Å². The number of rotatable bonds is 5. The molecule has 0 amide bonds. The van der Waals surface area contributed by atoms with Crippen molar-refractivity contribution >= 4 is 22.5 Å². The topological polar surface area (TPSA) is 35.2 Å². The van der Waals surface area contributed by atoms with Gasteiger partial charge >= 0.3 is 196 Å². The van der Waals surface area contributed by atoms with E-state index in [9.17, 15) is 0 Å². The summed E-state index contributed by atoms with van der Waals surface area (Å²) in [6.07, 6.45) is 2.87. The van der Waals surface area contributed by atoms with Gasteiger partial charge in [-0.25, -0.2) is 0 Å². The number of para-hydroxylation sites is 2. The van der Waals surface area contributed by atoms with Gasteiger partial charge in [0.25, 0.3) is 0 Å². The fourth-order valence-electron chi connectivity index (χ4n) is 6.76. The zero-order valence-corrected chi connectivity index (χ0v) is 31.9. The summed E-state index contributed by atoms with van der Waals surface area (Å²) in [6.45, 7) is 16.8. The molecule has 0 saturated carbocycles. The van der Waals surface area contributed by atoms with Crippen molar-refractivity contribution in [3.05, 3.63) is 135 Å². The van der Waals surface area contributed by atoms with Gasteiger partial charge in [-0.2, -0.15) is 0 Å². The third kappa shape index (κ3) is 6.46. The molecule has 0 saturated heterocycles. The van der Waals surface area contributed by atoms with Crippen molar-refractivity contribution in [2.24, 2.45) is 7.05 Å². The van der Waals surface area contributed by atoms with E-state index in [2.05, 4.69) is 168 Å². The number of ether oxygens (including phenoxy) is 1. The van der Waals surface area contributed by atoms with Gasteiger partial charge in [-0.15, -0.1) is 0 Å². The summed E-state index contributed by atoms with van der Waals surface area (Å²) in [5, 5.41) is 0. The Morgan fingerprint density at radius 3 is 2.18 bits per heavy atom. The molecule has 6 heteroatoms. The van der Waals surface area contributed by atoms with E-state index in [-0.39, 0.29) is 16.7 Å². The number of hydrogen-bond donors (Lipinski definition) is 0. The van der Waals surface area contributed by atoms with Crippen LogP contribution in [0.1, 0.15) is 81.7 Å². The standard InChI is InChI=1S/C43H44N4O.Pt/c1-29-18-20-44-41(22-29)46-21-19-36(30-23-31(42(2,3)4)25-32(24-30)43(5,6)7)37-17-16-35(27-40(37)46)48-34-13-11-12-33(26-34)47-28-45(8)38-14-9-10-15-39(38)47;/h9-18,20,22-25,36H,19,21H2,1-8H3;/q-2;. The molecule has 1 aliphatic heterocycles. The van der Waals surface area contributed by atoms with Gasteiger partial charge in [0.1, 0.15) is 0 Å². The molecular weight excluding hydrogens is 784 g/mol. The maximum absolute atomic E-state index is 6.56. The maximum atomic E-state index is 6.56. The number of nitrogens with zero attached hydrogens (tertiary/aromatic N) is 4. The Balaban J connectivity index is 1.31. The first-order valence-corrected chi connectivity index (χ1v) is 18.2. The molecule has 3 heterocycles. The van der Waals surface area contributed by atoms with Crippen LogP contribution in [0.25, 0.3) is 16.7 Å². The summed E-state index contributed by atoms with van der Waals surface area (Å²) < 4.78 is 12.1. The first kappa shape index (κ1) is 33.3. The number of anilines is 2. The average Bonchev–Trinajstić information content (AvgIpc) is 3.32. The van der Waals surface area contributed by atoms with Crippen molar-refractivity contribution in [3.8, 4) is 17.2 Å². The number of fused-ring (bicyclic) bond motifs is 2. The molecule has 0 spiro atoms. The minimum atomic E-state index is 0.0440. The van der Waals surface area contributed by atoms with Crippen molar-refractivity contribution < 1.29 is 24.1 Å². The fourth-order valence-corrected chi connectivity index (χ4v) is 7.58. The number of pyridine rings is 1. The molecule has 7 rings (SSSR count). The molecular formula is C43H44N4OPt-2. The van der Waals surface area contributed by atoms with Crippen LogP contribution in [0.15, 0.2) is 91.1 Å². The van der Waals surface area contributed by atoms with Gasteiger partial charge in [-0.3, -0.25) is 0 Å².